The molecular weight excluding hydrogens is 302 g/mol. The zero-order valence-electron chi connectivity index (χ0n) is 15.4. The summed E-state index contributed by atoms with van der Waals surface area (Å²) in [6.45, 7) is 10.2. The average Bonchev–Trinajstić information content (AvgIpc) is 2.78. The van der Waals surface area contributed by atoms with Crippen LogP contribution in [0.25, 0.3) is 0 Å². The highest BCUT2D eigenvalue weighted by Gasteiger charge is 2.23. The predicted octanol–water partition coefficient (Wildman–Crippen LogP) is 3.03. The highest BCUT2D eigenvalue weighted by molar-refractivity contribution is 5.84. The first-order valence-electron chi connectivity index (χ1n) is 8.30. The fourth-order valence-electron chi connectivity index (χ4n) is 2.89. The highest BCUT2D eigenvalue weighted by Crippen LogP contribution is 2.23. The molecule has 24 heavy (non-hydrogen) atoms. The van der Waals surface area contributed by atoms with Crippen molar-refractivity contribution in [1.82, 2.24) is 15.1 Å². The van der Waals surface area contributed by atoms with Crippen molar-refractivity contribution < 1.29 is 9.53 Å². The molecule has 0 unspecified atom stereocenters. The molecule has 0 saturated carbocycles. The van der Waals surface area contributed by atoms with Crippen molar-refractivity contribution in [2.24, 2.45) is 7.05 Å². The van der Waals surface area contributed by atoms with Crippen LogP contribution in [0.3, 0.4) is 0 Å². The van der Waals surface area contributed by atoms with Gasteiger partial charge in [0.05, 0.1) is 17.7 Å². The van der Waals surface area contributed by atoms with Gasteiger partial charge >= 0.3 is 0 Å². The molecule has 1 amide bonds. The zero-order chi connectivity index (χ0) is 17.9. The highest BCUT2D eigenvalue weighted by atomic mass is 16.5. The molecule has 130 valence electrons. The van der Waals surface area contributed by atoms with Gasteiger partial charge in [0, 0.05) is 18.3 Å². The Morgan fingerprint density at radius 2 is 1.92 bits per heavy atom. The minimum atomic E-state index is -0.236. The summed E-state index contributed by atoms with van der Waals surface area (Å²) in [5, 5.41) is 7.42. The van der Waals surface area contributed by atoms with Crippen LogP contribution in [0.2, 0.25) is 0 Å². The first-order valence-corrected chi connectivity index (χ1v) is 8.30. The number of hydrogen-bond acceptors (Lipinski definition) is 3. The lowest BCUT2D eigenvalue weighted by atomic mass is 9.98. The SMILES string of the molecule is Cc1ccccc1OC[C@H](C)NC(=O)[C@@H](C)c1c(C)nn(C)c1C. The van der Waals surface area contributed by atoms with Crippen LogP contribution in [-0.4, -0.2) is 28.3 Å². The lowest BCUT2D eigenvalue weighted by molar-refractivity contribution is -0.123. The minimum absolute atomic E-state index is 0.00455. The number of para-hydroxylation sites is 1. The van der Waals surface area contributed by atoms with E-state index in [1.807, 2.05) is 70.6 Å². The van der Waals surface area contributed by atoms with Crippen LogP contribution in [0.4, 0.5) is 0 Å². The largest absolute Gasteiger partial charge is 0.491 e. The monoisotopic (exact) mass is 329 g/mol. The summed E-state index contributed by atoms with van der Waals surface area (Å²) in [6.07, 6.45) is 0. The van der Waals surface area contributed by atoms with Gasteiger partial charge in [-0.15, -0.1) is 0 Å². The molecule has 0 fully saturated rings. The third-order valence-electron chi connectivity index (χ3n) is 4.36. The summed E-state index contributed by atoms with van der Waals surface area (Å²) < 4.78 is 7.62. The number of ether oxygens (including phenoxy) is 1. The van der Waals surface area contributed by atoms with Crippen molar-refractivity contribution in [2.45, 2.75) is 46.6 Å². The van der Waals surface area contributed by atoms with Crippen LogP contribution in [0, 0.1) is 20.8 Å². The Morgan fingerprint density at radius 3 is 2.50 bits per heavy atom. The summed E-state index contributed by atoms with van der Waals surface area (Å²) in [5.41, 5.74) is 4.02. The lowest BCUT2D eigenvalue weighted by Gasteiger charge is -2.19. The van der Waals surface area contributed by atoms with Crippen LogP contribution in [0.5, 0.6) is 5.75 Å². The molecule has 0 aliphatic heterocycles. The van der Waals surface area contributed by atoms with E-state index in [1.165, 1.54) is 0 Å². The molecule has 2 atom stereocenters. The molecule has 2 rings (SSSR count). The van der Waals surface area contributed by atoms with Crippen molar-refractivity contribution in [3.05, 3.63) is 46.8 Å². The van der Waals surface area contributed by atoms with Crippen molar-refractivity contribution in [3.63, 3.8) is 0 Å². The number of nitrogens with one attached hydrogen (secondary N) is 1. The van der Waals surface area contributed by atoms with Gasteiger partial charge in [-0.25, -0.2) is 0 Å². The molecule has 2 aromatic rings. The van der Waals surface area contributed by atoms with Crippen molar-refractivity contribution in [1.29, 1.82) is 0 Å². The van der Waals surface area contributed by atoms with Gasteiger partial charge in [0.2, 0.25) is 5.91 Å². The van der Waals surface area contributed by atoms with Crippen molar-refractivity contribution in [3.8, 4) is 5.75 Å². The molecule has 5 heteroatoms. The van der Waals surface area contributed by atoms with Gasteiger partial charge in [-0.2, -0.15) is 5.10 Å². The normalized spacial score (nSPS) is 13.4. The van der Waals surface area contributed by atoms with Crippen LogP contribution < -0.4 is 10.1 Å². The van der Waals surface area contributed by atoms with Gasteiger partial charge in [0.1, 0.15) is 12.4 Å². The maximum atomic E-state index is 12.5. The Labute approximate surface area is 144 Å². The Morgan fingerprint density at radius 1 is 1.25 bits per heavy atom. The van der Waals surface area contributed by atoms with Crippen LogP contribution in [0.1, 0.15) is 42.3 Å². The smallest absolute Gasteiger partial charge is 0.227 e. The maximum Gasteiger partial charge on any atom is 0.227 e. The summed E-state index contributed by atoms with van der Waals surface area (Å²) in [6, 6.07) is 7.80. The number of hydrogen-bond donors (Lipinski definition) is 1. The van der Waals surface area contributed by atoms with Gasteiger partial charge in [0.15, 0.2) is 0 Å². The van der Waals surface area contributed by atoms with E-state index in [0.29, 0.717) is 6.61 Å². The maximum absolute atomic E-state index is 12.5. The summed E-state index contributed by atoms with van der Waals surface area (Å²) in [4.78, 5) is 12.5. The molecule has 5 nitrogen and oxygen atoms in total. The molecule has 0 aliphatic carbocycles. The zero-order valence-corrected chi connectivity index (χ0v) is 15.4. The molecule has 0 radical (unpaired) electrons. The topological polar surface area (TPSA) is 56.1 Å². The molecular formula is C19H27N3O2. The number of rotatable bonds is 6. The number of carbonyl (C=O) groups is 1. The van der Waals surface area contributed by atoms with E-state index in [0.717, 1.165) is 28.3 Å². The van der Waals surface area contributed by atoms with E-state index in [-0.39, 0.29) is 17.9 Å². The Hall–Kier alpha value is -2.30. The standard InChI is InChI=1S/C19H27N3O2/c1-12-9-7-8-10-17(12)24-11-13(2)20-19(23)14(3)18-15(4)21-22(6)16(18)5/h7-10,13-14H,11H2,1-6H3,(H,20,23)/t13-,14-/m0/s1. The van der Waals surface area contributed by atoms with E-state index in [4.69, 9.17) is 4.74 Å². The number of nitrogens with zero attached hydrogens (tertiary/aromatic N) is 2. The van der Waals surface area contributed by atoms with Gasteiger partial charge in [-0.1, -0.05) is 18.2 Å². The predicted molar refractivity (Wildman–Crippen MR) is 95.4 cm³/mol. The van der Waals surface area contributed by atoms with Gasteiger partial charge < -0.3 is 10.1 Å². The number of aryl methyl sites for hydroxylation is 3. The number of aromatic nitrogens is 2. The van der Waals surface area contributed by atoms with Gasteiger partial charge in [-0.05, 0) is 46.2 Å². The van der Waals surface area contributed by atoms with E-state index in [2.05, 4.69) is 10.4 Å². The third kappa shape index (κ3) is 3.96. The second-order valence-corrected chi connectivity index (χ2v) is 6.42. The fourth-order valence-corrected chi connectivity index (χ4v) is 2.89. The second-order valence-electron chi connectivity index (χ2n) is 6.42. The number of carbonyl (C=O) groups excluding carboxylic acids is 1. The van der Waals surface area contributed by atoms with Crippen LogP contribution in [-0.2, 0) is 11.8 Å². The minimum Gasteiger partial charge on any atom is -0.491 e. The van der Waals surface area contributed by atoms with E-state index in [9.17, 15) is 4.79 Å². The van der Waals surface area contributed by atoms with E-state index < -0.39 is 0 Å². The third-order valence-corrected chi connectivity index (χ3v) is 4.36. The molecule has 1 heterocycles. The molecule has 0 bridgehead atoms. The van der Waals surface area contributed by atoms with E-state index >= 15 is 0 Å². The molecule has 0 saturated heterocycles. The second kappa shape index (κ2) is 7.51. The van der Waals surface area contributed by atoms with Crippen LogP contribution >= 0.6 is 0 Å². The van der Waals surface area contributed by atoms with Crippen LogP contribution in [0.15, 0.2) is 24.3 Å². The van der Waals surface area contributed by atoms with Crippen molar-refractivity contribution >= 4 is 5.91 Å². The number of amides is 1. The molecule has 1 aromatic carbocycles. The Balaban J connectivity index is 1.95. The summed E-state index contributed by atoms with van der Waals surface area (Å²) >= 11 is 0. The average molecular weight is 329 g/mol. The number of benzene rings is 1. The van der Waals surface area contributed by atoms with Crippen molar-refractivity contribution in [2.75, 3.05) is 6.61 Å². The molecule has 0 aliphatic rings. The van der Waals surface area contributed by atoms with E-state index in [1.54, 1.807) is 0 Å². The first-order chi connectivity index (χ1) is 11.3. The molecule has 1 N–H and O–H groups in total. The quantitative estimate of drug-likeness (QED) is 0.886. The van der Waals surface area contributed by atoms with Gasteiger partial charge in [0.25, 0.3) is 0 Å². The summed E-state index contributed by atoms with van der Waals surface area (Å²) in [7, 11) is 1.90. The molecule has 0 spiro atoms. The van der Waals surface area contributed by atoms with Gasteiger partial charge in [-0.3, -0.25) is 9.48 Å². The first kappa shape index (κ1) is 18.0. The Kier molecular flexibility index (Phi) is 5.65. The summed E-state index contributed by atoms with van der Waals surface area (Å²) in [5.74, 6) is 0.611. The molecule has 1 aromatic heterocycles. The lowest BCUT2D eigenvalue weighted by Crippen LogP contribution is -2.39. The fraction of sp³-hybridized carbons (Fsp3) is 0.474. The Bertz CT molecular complexity index is 721.